The van der Waals surface area contributed by atoms with E-state index in [9.17, 15) is 4.79 Å². The average Bonchev–Trinajstić information content (AvgIpc) is 2.47. The minimum atomic E-state index is -0.115. The Hall–Kier alpha value is -0.950. The third kappa shape index (κ3) is 6.44. The van der Waals surface area contributed by atoms with Crippen molar-refractivity contribution in [2.45, 2.75) is 17.0 Å². The summed E-state index contributed by atoms with van der Waals surface area (Å²) in [4.78, 5) is 19.4. The number of ether oxygens (including phenoxy) is 1. The SMILES string of the molecule is Cc1cc(=O)[nH]c(SCCOCCSc2ccc(Cl)cc2)n1. The van der Waals surface area contributed by atoms with Crippen molar-refractivity contribution in [3.63, 3.8) is 0 Å². The van der Waals surface area contributed by atoms with Crippen LogP contribution in [0.15, 0.2) is 45.2 Å². The van der Waals surface area contributed by atoms with Gasteiger partial charge in [-0.25, -0.2) is 4.98 Å². The van der Waals surface area contributed by atoms with E-state index in [1.165, 1.54) is 22.7 Å². The van der Waals surface area contributed by atoms with Crippen molar-refractivity contribution in [1.82, 2.24) is 9.97 Å². The van der Waals surface area contributed by atoms with E-state index in [0.29, 0.717) is 18.4 Å². The molecule has 0 atom stereocenters. The summed E-state index contributed by atoms with van der Waals surface area (Å²) in [6, 6.07) is 9.26. The van der Waals surface area contributed by atoms with E-state index >= 15 is 0 Å². The Labute approximate surface area is 143 Å². The van der Waals surface area contributed by atoms with Crippen LogP contribution in [0, 0.1) is 6.92 Å². The van der Waals surface area contributed by atoms with Crippen LogP contribution >= 0.6 is 35.1 Å². The molecular weight excluding hydrogens is 340 g/mol. The van der Waals surface area contributed by atoms with Gasteiger partial charge in [-0.2, -0.15) is 0 Å². The van der Waals surface area contributed by atoms with Gasteiger partial charge in [-0.1, -0.05) is 23.4 Å². The van der Waals surface area contributed by atoms with Crippen molar-refractivity contribution >= 4 is 35.1 Å². The van der Waals surface area contributed by atoms with E-state index in [0.717, 1.165) is 22.2 Å². The standard InChI is InChI=1S/C15H17ClN2O2S2/c1-11-10-14(19)18-15(17-11)22-9-7-20-6-8-21-13-4-2-12(16)3-5-13/h2-5,10H,6-9H2,1H3,(H,17,18,19). The number of nitrogens with one attached hydrogen (secondary N) is 1. The molecule has 4 nitrogen and oxygen atoms in total. The van der Waals surface area contributed by atoms with Crippen LogP contribution < -0.4 is 5.56 Å². The molecule has 118 valence electrons. The molecule has 2 aromatic rings. The zero-order chi connectivity index (χ0) is 15.8. The molecule has 22 heavy (non-hydrogen) atoms. The van der Waals surface area contributed by atoms with E-state index in [2.05, 4.69) is 9.97 Å². The van der Waals surface area contributed by atoms with Gasteiger partial charge in [0.2, 0.25) is 0 Å². The van der Waals surface area contributed by atoms with E-state index < -0.39 is 0 Å². The van der Waals surface area contributed by atoms with Gasteiger partial charge < -0.3 is 9.72 Å². The van der Waals surface area contributed by atoms with Crippen molar-refractivity contribution < 1.29 is 4.74 Å². The lowest BCUT2D eigenvalue weighted by Crippen LogP contribution is -2.09. The molecule has 0 unspecified atom stereocenters. The van der Waals surface area contributed by atoms with Gasteiger partial charge in [0.25, 0.3) is 5.56 Å². The summed E-state index contributed by atoms with van der Waals surface area (Å²) in [5, 5.41) is 1.39. The predicted octanol–water partition coefficient (Wildman–Crippen LogP) is 3.63. The van der Waals surface area contributed by atoms with Crippen molar-refractivity contribution in [1.29, 1.82) is 0 Å². The lowest BCUT2D eigenvalue weighted by molar-refractivity contribution is 0.167. The van der Waals surface area contributed by atoms with Crippen molar-refractivity contribution in [2.24, 2.45) is 0 Å². The summed E-state index contributed by atoms with van der Waals surface area (Å²) < 4.78 is 5.57. The number of hydrogen-bond acceptors (Lipinski definition) is 5. The molecule has 0 amide bonds. The molecule has 0 saturated heterocycles. The number of thioether (sulfide) groups is 2. The van der Waals surface area contributed by atoms with Crippen LogP contribution in [-0.4, -0.2) is 34.7 Å². The summed E-state index contributed by atoms with van der Waals surface area (Å²) in [6.45, 7) is 3.12. The average molecular weight is 357 g/mol. The van der Waals surface area contributed by atoms with Gasteiger partial charge in [0.15, 0.2) is 5.16 Å². The largest absolute Gasteiger partial charge is 0.380 e. The Morgan fingerprint density at radius 2 is 1.86 bits per heavy atom. The number of aromatic nitrogens is 2. The first kappa shape index (κ1) is 17.4. The fourth-order valence-electron chi connectivity index (χ4n) is 1.67. The van der Waals surface area contributed by atoms with Crippen LogP contribution in [0.2, 0.25) is 5.02 Å². The molecule has 1 aromatic heterocycles. The number of aryl methyl sites for hydroxylation is 1. The fraction of sp³-hybridized carbons (Fsp3) is 0.333. The third-order valence-corrected chi connectivity index (χ3v) is 4.69. The molecule has 0 spiro atoms. The minimum Gasteiger partial charge on any atom is -0.380 e. The lowest BCUT2D eigenvalue weighted by Gasteiger charge is -2.05. The third-order valence-electron chi connectivity index (χ3n) is 2.62. The number of aromatic amines is 1. The summed E-state index contributed by atoms with van der Waals surface area (Å²) in [6.07, 6.45) is 0. The Morgan fingerprint density at radius 1 is 1.18 bits per heavy atom. The molecule has 0 aliphatic heterocycles. The van der Waals surface area contributed by atoms with Crippen LogP contribution in [-0.2, 0) is 4.74 Å². The number of rotatable bonds is 8. The summed E-state index contributed by atoms with van der Waals surface area (Å²) in [5.41, 5.74) is 0.613. The maximum absolute atomic E-state index is 11.3. The van der Waals surface area contributed by atoms with E-state index in [1.807, 2.05) is 31.2 Å². The monoisotopic (exact) mass is 356 g/mol. The van der Waals surface area contributed by atoms with Crippen molar-refractivity contribution in [3.05, 3.63) is 51.4 Å². The molecule has 0 fully saturated rings. The van der Waals surface area contributed by atoms with Gasteiger partial charge in [0.05, 0.1) is 13.2 Å². The number of H-pyrrole nitrogens is 1. The number of nitrogens with zero attached hydrogens (tertiary/aromatic N) is 1. The molecule has 1 heterocycles. The maximum Gasteiger partial charge on any atom is 0.251 e. The van der Waals surface area contributed by atoms with Crippen LogP contribution in [0.3, 0.4) is 0 Å². The molecule has 0 aliphatic rings. The van der Waals surface area contributed by atoms with Gasteiger partial charge in [-0.15, -0.1) is 11.8 Å². The quantitative estimate of drug-likeness (QED) is 0.444. The Kier molecular flexibility index (Phi) is 7.32. The first-order valence-corrected chi connectivity index (χ1v) is 9.15. The Bertz CT molecular complexity index is 647. The zero-order valence-electron chi connectivity index (χ0n) is 12.2. The van der Waals surface area contributed by atoms with Crippen LogP contribution in [0.25, 0.3) is 0 Å². The Morgan fingerprint density at radius 3 is 2.55 bits per heavy atom. The molecule has 1 N–H and O–H groups in total. The molecule has 0 saturated carbocycles. The zero-order valence-corrected chi connectivity index (χ0v) is 14.6. The maximum atomic E-state index is 11.3. The van der Waals surface area contributed by atoms with E-state index in [4.69, 9.17) is 16.3 Å². The minimum absolute atomic E-state index is 0.115. The number of hydrogen-bond donors (Lipinski definition) is 1. The van der Waals surface area contributed by atoms with Crippen LogP contribution in [0.5, 0.6) is 0 Å². The normalized spacial score (nSPS) is 10.8. The lowest BCUT2D eigenvalue weighted by atomic mass is 10.4. The van der Waals surface area contributed by atoms with E-state index in [1.54, 1.807) is 11.8 Å². The molecule has 0 aliphatic carbocycles. The second-order valence-corrected chi connectivity index (χ2v) is 7.14. The topological polar surface area (TPSA) is 55.0 Å². The van der Waals surface area contributed by atoms with Gasteiger partial charge in [-0.3, -0.25) is 4.79 Å². The van der Waals surface area contributed by atoms with Crippen LogP contribution in [0.1, 0.15) is 5.69 Å². The second kappa shape index (κ2) is 9.25. The molecular formula is C15H17ClN2O2S2. The summed E-state index contributed by atoms with van der Waals surface area (Å²) in [7, 11) is 0. The highest BCUT2D eigenvalue weighted by Crippen LogP contribution is 2.20. The highest BCUT2D eigenvalue weighted by molar-refractivity contribution is 7.99. The first-order valence-electron chi connectivity index (χ1n) is 6.80. The number of benzene rings is 1. The highest BCUT2D eigenvalue weighted by Gasteiger charge is 1.99. The van der Waals surface area contributed by atoms with Gasteiger partial charge in [-0.05, 0) is 31.2 Å². The van der Waals surface area contributed by atoms with Gasteiger partial charge in [0, 0.05) is 33.2 Å². The highest BCUT2D eigenvalue weighted by atomic mass is 35.5. The van der Waals surface area contributed by atoms with Crippen LogP contribution in [0.4, 0.5) is 0 Å². The Balaban J connectivity index is 1.57. The molecule has 2 rings (SSSR count). The van der Waals surface area contributed by atoms with Crippen molar-refractivity contribution in [3.8, 4) is 0 Å². The smallest absolute Gasteiger partial charge is 0.251 e. The molecule has 0 radical (unpaired) electrons. The van der Waals surface area contributed by atoms with E-state index in [-0.39, 0.29) is 5.56 Å². The molecule has 7 heteroatoms. The second-order valence-electron chi connectivity index (χ2n) is 4.46. The predicted molar refractivity (Wildman–Crippen MR) is 93.3 cm³/mol. The van der Waals surface area contributed by atoms with Gasteiger partial charge >= 0.3 is 0 Å². The molecule has 1 aromatic carbocycles. The first-order chi connectivity index (χ1) is 10.6. The molecule has 0 bridgehead atoms. The van der Waals surface area contributed by atoms with Crippen molar-refractivity contribution in [2.75, 3.05) is 24.7 Å². The fourth-order valence-corrected chi connectivity index (χ4v) is 3.34. The number of halogens is 1. The van der Waals surface area contributed by atoms with Gasteiger partial charge in [0.1, 0.15) is 0 Å². The summed E-state index contributed by atoms with van der Waals surface area (Å²) >= 11 is 9.07. The summed E-state index contributed by atoms with van der Waals surface area (Å²) in [5.74, 6) is 1.66.